The van der Waals surface area contributed by atoms with Crippen LogP contribution in [0, 0.1) is 5.82 Å². The number of carbonyl (C=O) groups excluding carboxylic acids is 1. The summed E-state index contributed by atoms with van der Waals surface area (Å²) in [6.07, 6.45) is 3.52. The number of benzene rings is 1. The Kier molecular flexibility index (Phi) is 5.93. The van der Waals surface area contributed by atoms with E-state index in [0.29, 0.717) is 35.8 Å². The number of rotatable bonds is 5. The highest BCUT2D eigenvalue weighted by Gasteiger charge is 2.28. The molecule has 0 bridgehead atoms. The van der Waals surface area contributed by atoms with Gasteiger partial charge in [0.05, 0.1) is 21.2 Å². The first kappa shape index (κ1) is 21.3. The number of nitrogens with one attached hydrogen (secondary N) is 1. The number of pyridine rings is 1. The van der Waals surface area contributed by atoms with E-state index in [1.54, 1.807) is 4.90 Å². The minimum absolute atomic E-state index is 0.0779. The molecule has 1 saturated heterocycles. The van der Waals surface area contributed by atoms with Crippen molar-refractivity contribution in [2.24, 2.45) is 0 Å². The Morgan fingerprint density at radius 3 is 2.90 bits per heavy atom. The fourth-order valence-electron chi connectivity index (χ4n) is 3.54. The molecule has 1 aliphatic heterocycles. The molecule has 1 atom stereocenters. The molecule has 1 N–H and O–H groups in total. The van der Waals surface area contributed by atoms with Crippen LogP contribution in [0.15, 0.2) is 43.2 Å². The number of nitrogens with zero attached hydrogens (tertiary/aromatic N) is 5. The standard InChI is InChI=1S/C21H19Cl2FN6O/c1-3-17(31)30-9-8-12(10-30)29(2)16-7-6-15-20(28-16)21(26-11-25-15)27-14-5-4-13(22)18(23)19(14)24/h3-7,11-12H,1,8-10H2,2H3,(H,25,26,27)/t12-/m0/s1. The number of amides is 1. The van der Waals surface area contributed by atoms with Gasteiger partial charge < -0.3 is 15.1 Å². The summed E-state index contributed by atoms with van der Waals surface area (Å²) in [5.74, 6) is 0.281. The fraction of sp³-hybridized carbons (Fsp3) is 0.238. The number of hydrogen-bond donors (Lipinski definition) is 1. The van der Waals surface area contributed by atoms with E-state index in [1.807, 2.05) is 24.1 Å². The summed E-state index contributed by atoms with van der Waals surface area (Å²) >= 11 is 11.8. The second kappa shape index (κ2) is 8.64. The number of carbonyl (C=O) groups is 1. The van der Waals surface area contributed by atoms with Crippen LogP contribution in [0.4, 0.5) is 21.7 Å². The number of hydrogen-bond acceptors (Lipinski definition) is 6. The molecule has 1 aromatic carbocycles. The molecule has 0 unspecified atom stereocenters. The van der Waals surface area contributed by atoms with E-state index < -0.39 is 5.82 Å². The summed E-state index contributed by atoms with van der Waals surface area (Å²) in [6.45, 7) is 4.80. The average Bonchev–Trinajstić information content (AvgIpc) is 3.28. The molecular weight excluding hydrogens is 442 g/mol. The number of likely N-dealkylation sites (tertiary alicyclic amines) is 1. The molecule has 0 aliphatic carbocycles. The number of fused-ring (bicyclic) bond motifs is 1. The van der Waals surface area contributed by atoms with Crippen LogP contribution in [0.2, 0.25) is 10.0 Å². The van der Waals surface area contributed by atoms with Crippen LogP contribution in [0.25, 0.3) is 11.0 Å². The van der Waals surface area contributed by atoms with Gasteiger partial charge >= 0.3 is 0 Å². The first-order valence-corrected chi connectivity index (χ1v) is 10.3. The molecule has 1 aliphatic rings. The van der Waals surface area contributed by atoms with Gasteiger partial charge in [0.25, 0.3) is 0 Å². The van der Waals surface area contributed by atoms with Crippen molar-refractivity contribution in [1.29, 1.82) is 0 Å². The molecule has 1 fully saturated rings. The van der Waals surface area contributed by atoms with Gasteiger partial charge in [-0.3, -0.25) is 4.79 Å². The molecule has 7 nitrogen and oxygen atoms in total. The lowest BCUT2D eigenvalue weighted by atomic mass is 10.2. The molecule has 160 valence electrons. The van der Waals surface area contributed by atoms with Crippen molar-refractivity contribution in [2.75, 3.05) is 30.4 Å². The number of halogens is 3. The number of aromatic nitrogens is 3. The van der Waals surface area contributed by atoms with Gasteiger partial charge in [-0.1, -0.05) is 29.8 Å². The Balaban J connectivity index is 1.64. The zero-order valence-electron chi connectivity index (χ0n) is 16.6. The van der Waals surface area contributed by atoms with Crippen molar-refractivity contribution in [3.63, 3.8) is 0 Å². The van der Waals surface area contributed by atoms with E-state index in [4.69, 9.17) is 28.2 Å². The third-order valence-electron chi connectivity index (χ3n) is 5.31. The van der Waals surface area contributed by atoms with Gasteiger partial charge in [0.2, 0.25) is 5.91 Å². The van der Waals surface area contributed by atoms with Crippen molar-refractivity contribution in [3.05, 3.63) is 59.1 Å². The van der Waals surface area contributed by atoms with Gasteiger partial charge in [0, 0.05) is 26.2 Å². The summed E-state index contributed by atoms with van der Waals surface area (Å²) in [7, 11) is 1.93. The highest BCUT2D eigenvalue weighted by atomic mass is 35.5. The molecule has 31 heavy (non-hydrogen) atoms. The second-order valence-electron chi connectivity index (χ2n) is 7.15. The molecule has 0 spiro atoms. The third-order valence-corrected chi connectivity index (χ3v) is 6.10. The van der Waals surface area contributed by atoms with Crippen molar-refractivity contribution in [1.82, 2.24) is 19.9 Å². The molecule has 1 amide bonds. The third kappa shape index (κ3) is 4.13. The van der Waals surface area contributed by atoms with Crippen molar-refractivity contribution < 1.29 is 9.18 Å². The maximum atomic E-state index is 14.5. The van der Waals surface area contributed by atoms with Crippen LogP contribution in [0.1, 0.15) is 6.42 Å². The highest BCUT2D eigenvalue weighted by Crippen LogP contribution is 2.32. The maximum Gasteiger partial charge on any atom is 0.246 e. The molecule has 4 rings (SSSR count). The first-order valence-electron chi connectivity index (χ1n) is 9.55. The van der Waals surface area contributed by atoms with Crippen molar-refractivity contribution in [2.45, 2.75) is 12.5 Å². The SMILES string of the molecule is C=CC(=O)N1CC[C@H](N(C)c2ccc3ncnc(Nc4ccc(Cl)c(Cl)c4F)c3n2)C1. The molecule has 0 radical (unpaired) electrons. The van der Waals surface area contributed by atoms with Gasteiger partial charge in [0.15, 0.2) is 11.6 Å². The predicted molar refractivity (Wildman–Crippen MR) is 121 cm³/mol. The number of likely N-dealkylation sites (N-methyl/N-ethyl adjacent to an activating group) is 1. The topological polar surface area (TPSA) is 74.2 Å². The Labute approximate surface area is 188 Å². The largest absolute Gasteiger partial charge is 0.355 e. The summed E-state index contributed by atoms with van der Waals surface area (Å²) in [5, 5.41) is 2.89. The summed E-state index contributed by atoms with van der Waals surface area (Å²) in [4.78, 5) is 28.9. The molecule has 0 saturated carbocycles. The van der Waals surface area contributed by atoms with E-state index in [2.05, 4.69) is 21.9 Å². The van der Waals surface area contributed by atoms with Crippen LogP contribution in [0.3, 0.4) is 0 Å². The molecule has 3 heterocycles. The second-order valence-corrected chi connectivity index (χ2v) is 7.93. The van der Waals surface area contributed by atoms with Gasteiger partial charge in [-0.05, 0) is 36.8 Å². The minimum atomic E-state index is -0.674. The van der Waals surface area contributed by atoms with Crippen LogP contribution in [-0.2, 0) is 4.79 Å². The van der Waals surface area contributed by atoms with E-state index in [1.165, 1.54) is 24.5 Å². The number of anilines is 3. The van der Waals surface area contributed by atoms with E-state index in [9.17, 15) is 9.18 Å². The van der Waals surface area contributed by atoms with Crippen LogP contribution >= 0.6 is 23.2 Å². The lowest BCUT2D eigenvalue weighted by Gasteiger charge is -2.26. The predicted octanol–water partition coefficient (Wildman–Crippen LogP) is 4.44. The quantitative estimate of drug-likeness (QED) is 0.448. The smallest absolute Gasteiger partial charge is 0.246 e. The summed E-state index contributed by atoms with van der Waals surface area (Å²) in [5.41, 5.74) is 1.21. The molecule has 2 aromatic heterocycles. The average molecular weight is 461 g/mol. The van der Waals surface area contributed by atoms with Gasteiger partial charge in [-0.25, -0.2) is 19.3 Å². The normalized spacial score (nSPS) is 15.9. The van der Waals surface area contributed by atoms with Gasteiger partial charge in [-0.2, -0.15) is 0 Å². The minimum Gasteiger partial charge on any atom is -0.355 e. The Bertz CT molecular complexity index is 1170. The molecular formula is C21H19Cl2FN6O. The van der Waals surface area contributed by atoms with E-state index >= 15 is 0 Å². The Hall–Kier alpha value is -2.97. The lowest BCUT2D eigenvalue weighted by Crippen LogP contribution is -2.36. The summed E-state index contributed by atoms with van der Waals surface area (Å²) in [6, 6.07) is 6.78. The monoisotopic (exact) mass is 460 g/mol. The van der Waals surface area contributed by atoms with E-state index in [0.717, 1.165) is 6.42 Å². The Morgan fingerprint density at radius 2 is 2.13 bits per heavy atom. The van der Waals surface area contributed by atoms with Crippen molar-refractivity contribution >= 4 is 57.5 Å². The zero-order chi connectivity index (χ0) is 22.1. The van der Waals surface area contributed by atoms with Gasteiger partial charge in [-0.15, -0.1) is 0 Å². The van der Waals surface area contributed by atoms with Gasteiger partial charge in [0.1, 0.15) is 17.7 Å². The van der Waals surface area contributed by atoms with Crippen LogP contribution < -0.4 is 10.2 Å². The van der Waals surface area contributed by atoms with Crippen LogP contribution in [0.5, 0.6) is 0 Å². The summed E-state index contributed by atoms with van der Waals surface area (Å²) < 4.78 is 14.5. The van der Waals surface area contributed by atoms with E-state index in [-0.39, 0.29) is 27.7 Å². The first-order chi connectivity index (χ1) is 14.9. The molecule has 3 aromatic rings. The highest BCUT2D eigenvalue weighted by molar-refractivity contribution is 6.42. The zero-order valence-corrected chi connectivity index (χ0v) is 18.2. The molecule has 10 heteroatoms. The maximum absolute atomic E-state index is 14.5. The van der Waals surface area contributed by atoms with Crippen molar-refractivity contribution in [3.8, 4) is 0 Å². The Morgan fingerprint density at radius 1 is 1.32 bits per heavy atom. The lowest BCUT2D eigenvalue weighted by molar-refractivity contribution is -0.125. The van der Waals surface area contributed by atoms with Crippen LogP contribution in [-0.4, -0.2) is 51.9 Å². The fourth-order valence-corrected chi connectivity index (χ4v) is 3.85.